The second kappa shape index (κ2) is 10.2. The average molecular weight is 389 g/mol. The van der Waals surface area contributed by atoms with Crippen LogP contribution in [-0.4, -0.2) is 42.8 Å². The first-order valence-corrected chi connectivity index (χ1v) is 9.28. The Labute approximate surface area is 160 Å². The number of carbonyl (C=O) groups is 2. The van der Waals surface area contributed by atoms with Gasteiger partial charge in [-0.05, 0) is 42.7 Å². The van der Waals surface area contributed by atoms with Gasteiger partial charge in [-0.1, -0.05) is 0 Å². The number of esters is 1. The van der Waals surface area contributed by atoms with Gasteiger partial charge in [0.2, 0.25) is 0 Å². The average Bonchev–Trinajstić information content (AvgIpc) is 2.69. The predicted molar refractivity (Wildman–Crippen MR) is 103 cm³/mol. The minimum absolute atomic E-state index is 0.0127. The fourth-order valence-electron chi connectivity index (χ4n) is 2.10. The number of ether oxygens (including phenoxy) is 1. The third kappa shape index (κ3) is 6.63. The normalized spacial score (nSPS) is 10.1. The number of hydrogen-bond acceptors (Lipinski definition) is 7. The first-order chi connectivity index (χ1) is 13.0. The molecule has 27 heavy (non-hydrogen) atoms. The summed E-state index contributed by atoms with van der Waals surface area (Å²) < 4.78 is 4.97. The van der Waals surface area contributed by atoms with Crippen LogP contribution in [0.4, 0.5) is 11.4 Å². The quantitative estimate of drug-likeness (QED) is 0.223. The third-order valence-corrected chi connectivity index (χ3v) is 4.26. The monoisotopic (exact) mass is 389 g/mol. The number of hydrogen-bond donors (Lipinski definition) is 2. The summed E-state index contributed by atoms with van der Waals surface area (Å²) in [6.07, 6.45) is 1.94. The zero-order valence-corrected chi connectivity index (χ0v) is 15.5. The summed E-state index contributed by atoms with van der Waals surface area (Å²) in [7, 11) is 0. The number of nitrogens with one attached hydrogen (secondary N) is 2. The number of benzene rings is 2. The molecule has 8 nitrogen and oxygen atoms in total. The molecule has 0 aliphatic rings. The smallest absolute Gasteiger partial charge is 0.338 e. The maximum atomic E-state index is 11.9. The molecule has 0 aromatic heterocycles. The van der Waals surface area contributed by atoms with Crippen molar-refractivity contribution in [3.63, 3.8) is 0 Å². The van der Waals surface area contributed by atoms with Gasteiger partial charge in [-0.2, -0.15) is 0 Å². The fraction of sp³-hybridized carbons (Fsp3) is 0.222. The number of thioether (sulfide) groups is 1. The molecule has 9 heteroatoms. The molecule has 1 amide bonds. The molecule has 0 bridgehead atoms. The van der Waals surface area contributed by atoms with Crippen LogP contribution in [0.25, 0.3) is 0 Å². The highest BCUT2D eigenvalue weighted by Crippen LogP contribution is 2.16. The van der Waals surface area contributed by atoms with E-state index in [0.29, 0.717) is 24.3 Å². The largest absolute Gasteiger partial charge is 0.452 e. The molecule has 2 aromatic rings. The van der Waals surface area contributed by atoms with Crippen LogP contribution in [0.2, 0.25) is 0 Å². The Morgan fingerprint density at radius 1 is 1.07 bits per heavy atom. The second-order valence-electron chi connectivity index (χ2n) is 5.39. The number of anilines is 1. The molecule has 0 heterocycles. The maximum absolute atomic E-state index is 11.9. The van der Waals surface area contributed by atoms with Crippen molar-refractivity contribution in [2.75, 3.05) is 31.3 Å². The number of nitro benzene ring substituents is 1. The van der Waals surface area contributed by atoms with E-state index in [9.17, 15) is 19.7 Å². The van der Waals surface area contributed by atoms with Crippen LogP contribution in [0.15, 0.2) is 53.4 Å². The first kappa shape index (κ1) is 20.2. The molecule has 0 fully saturated rings. The van der Waals surface area contributed by atoms with Crippen LogP contribution < -0.4 is 10.6 Å². The van der Waals surface area contributed by atoms with Gasteiger partial charge in [-0.15, -0.1) is 11.8 Å². The molecule has 0 aliphatic heterocycles. The van der Waals surface area contributed by atoms with E-state index in [1.54, 1.807) is 36.0 Å². The first-order valence-electron chi connectivity index (χ1n) is 8.06. The molecule has 0 atom stereocenters. The van der Waals surface area contributed by atoms with E-state index in [2.05, 4.69) is 10.6 Å². The Morgan fingerprint density at radius 3 is 2.33 bits per heavy atom. The van der Waals surface area contributed by atoms with Crippen LogP contribution in [0.3, 0.4) is 0 Å². The van der Waals surface area contributed by atoms with E-state index in [4.69, 9.17) is 4.74 Å². The van der Waals surface area contributed by atoms with Crippen LogP contribution in [0.5, 0.6) is 0 Å². The van der Waals surface area contributed by atoms with Crippen LogP contribution >= 0.6 is 11.8 Å². The minimum Gasteiger partial charge on any atom is -0.452 e. The molecule has 142 valence electrons. The summed E-state index contributed by atoms with van der Waals surface area (Å²) >= 11 is 1.57. The number of amides is 1. The van der Waals surface area contributed by atoms with Gasteiger partial charge in [0.05, 0.1) is 10.5 Å². The lowest BCUT2D eigenvalue weighted by molar-refractivity contribution is -0.384. The lowest BCUT2D eigenvalue weighted by atomic mass is 10.2. The molecular formula is C18H19N3O5S. The van der Waals surface area contributed by atoms with Gasteiger partial charge >= 0.3 is 5.97 Å². The van der Waals surface area contributed by atoms with Crippen molar-refractivity contribution in [2.45, 2.75) is 4.90 Å². The summed E-state index contributed by atoms with van der Waals surface area (Å²) in [5.74, 6) is -0.962. The molecule has 0 saturated heterocycles. The SMILES string of the molecule is CSc1ccc(C(=O)OCC(=O)NCCNc2ccc([N+](=O)[O-])cc2)cc1. The highest BCUT2D eigenvalue weighted by atomic mass is 32.2. The Bertz CT molecular complexity index is 794. The molecule has 0 radical (unpaired) electrons. The molecule has 0 spiro atoms. The zero-order chi connectivity index (χ0) is 19.6. The van der Waals surface area contributed by atoms with Crippen molar-refractivity contribution in [1.29, 1.82) is 0 Å². The molecule has 2 N–H and O–H groups in total. The molecule has 2 rings (SSSR count). The van der Waals surface area contributed by atoms with E-state index < -0.39 is 16.8 Å². The van der Waals surface area contributed by atoms with Crippen LogP contribution in [0.1, 0.15) is 10.4 Å². The third-order valence-electron chi connectivity index (χ3n) is 3.51. The van der Waals surface area contributed by atoms with E-state index >= 15 is 0 Å². The Balaban J connectivity index is 1.65. The lowest BCUT2D eigenvalue weighted by Gasteiger charge is -2.08. The molecular weight excluding hydrogens is 370 g/mol. The van der Waals surface area contributed by atoms with Crippen molar-refractivity contribution in [2.24, 2.45) is 0 Å². The topological polar surface area (TPSA) is 111 Å². The van der Waals surface area contributed by atoms with E-state index in [-0.39, 0.29) is 12.3 Å². The van der Waals surface area contributed by atoms with Gasteiger partial charge in [0.1, 0.15) is 0 Å². The number of carbonyl (C=O) groups excluding carboxylic acids is 2. The Kier molecular flexibility index (Phi) is 7.63. The standard InChI is InChI=1S/C18H19N3O5S/c1-27-16-8-2-13(3-9-16)18(23)26-12-17(22)20-11-10-19-14-4-6-15(7-5-14)21(24)25/h2-9,19H,10-12H2,1H3,(H,20,22). The number of nitro groups is 1. The summed E-state index contributed by atoms with van der Waals surface area (Å²) in [4.78, 5) is 34.7. The zero-order valence-electron chi connectivity index (χ0n) is 14.6. The van der Waals surface area contributed by atoms with Gasteiger partial charge in [-0.25, -0.2) is 4.79 Å². The van der Waals surface area contributed by atoms with E-state index in [1.807, 2.05) is 18.4 Å². The predicted octanol–water partition coefficient (Wildman–Crippen LogP) is 2.70. The lowest BCUT2D eigenvalue weighted by Crippen LogP contribution is -2.32. The Morgan fingerprint density at radius 2 is 1.74 bits per heavy atom. The summed E-state index contributed by atoms with van der Waals surface area (Å²) in [5.41, 5.74) is 1.11. The minimum atomic E-state index is -0.554. The summed E-state index contributed by atoms with van der Waals surface area (Å²) in [5, 5.41) is 16.2. The Hall–Kier alpha value is -3.07. The van der Waals surface area contributed by atoms with Gasteiger partial charge in [0, 0.05) is 35.8 Å². The maximum Gasteiger partial charge on any atom is 0.338 e. The van der Waals surface area contributed by atoms with Crippen molar-refractivity contribution >= 4 is 35.0 Å². The fourth-order valence-corrected chi connectivity index (χ4v) is 2.51. The van der Waals surface area contributed by atoms with Gasteiger partial charge < -0.3 is 15.4 Å². The summed E-state index contributed by atoms with van der Waals surface area (Å²) in [6, 6.07) is 12.9. The number of rotatable bonds is 9. The molecule has 0 saturated carbocycles. The molecule has 0 unspecified atom stereocenters. The molecule has 0 aliphatic carbocycles. The van der Waals surface area contributed by atoms with Crippen molar-refractivity contribution in [3.05, 3.63) is 64.2 Å². The van der Waals surface area contributed by atoms with E-state index in [0.717, 1.165) is 4.90 Å². The number of non-ortho nitro benzene ring substituents is 1. The number of nitrogens with zero attached hydrogens (tertiary/aromatic N) is 1. The molecule has 2 aromatic carbocycles. The summed E-state index contributed by atoms with van der Waals surface area (Å²) in [6.45, 7) is 0.379. The second-order valence-corrected chi connectivity index (χ2v) is 6.27. The van der Waals surface area contributed by atoms with Crippen LogP contribution in [-0.2, 0) is 9.53 Å². The van der Waals surface area contributed by atoms with Gasteiger partial charge in [0.25, 0.3) is 11.6 Å². The van der Waals surface area contributed by atoms with Crippen molar-refractivity contribution in [3.8, 4) is 0 Å². The van der Waals surface area contributed by atoms with Crippen molar-refractivity contribution < 1.29 is 19.2 Å². The van der Waals surface area contributed by atoms with E-state index in [1.165, 1.54) is 12.1 Å². The van der Waals surface area contributed by atoms with Crippen LogP contribution in [0, 0.1) is 10.1 Å². The van der Waals surface area contributed by atoms with Crippen molar-refractivity contribution in [1.82, 2.24) is 5.32 Å². The van der Waals surface area contributed by atoms with Gasteiger partial charge in [-0.3, -0.25) is 14.9 Å². The highest BCUT2D eigenvalue weighted by Gasteiger charge is 2.10. The van der Waals surface area contributed by atoms with Gasteiger partial charge in [0.15, 0.2) is 6.61 Å². The highest BCUT2D eigenvalue weighted by molar-refractivity contribution is 7.98.